The Morgan fingerprint density at radius 1 is 1.32 bits per heavy atom. The molecule has 3 atom stereocenters. The van der Waals surface area contributed by atoms with E-state index in [1.54, 1.807) is 6.92 Å². The summed E-state index contributed by atoms with van der Waals surface area (Å²) >= 11 is 0. The fraction of sp³-hybridized carbons (Fsp3) is 0.467. The molecule has 0 aromatic heterocycles. The van der Waals surface area contributed by atoms with Gasteiger partial charge < -0.3 is 10.1 Å². The molecule has 1 aliphatic carbocycles. The van der Waals surface area contributed by atoms with Gasteiger partial charge in [0.05, 0.1) is 5.92 Å². The third kappa shape index (κ3) is 3.56. The molecule has 4 nitrogen and oxygen atoms in total. The molecule has 1 N–H and O–H groups in total. The van der Waals surface area contributed by atoms with Crippen LogP contribution in [0.5, 0.6) is 0 Å². The van der Waals surface area contributed by atoms with Crippen molar-refractivity contribution in [3.63, 3.8) is 0 Å². The minimum atomic E-state index is -0.762. The Morgan fingerprint density at radius 3 is 2.42 bits per heavy atom. The lowest BCUT2D eigenvalue weighted by Crippen LogP contribution is -2.30. The fourth-order valence-electron chi connectivity index (χ4n) is 1.85. The molecule has 1 amide bonds. The van der Waals surface area contributed by atoms with E-state index in [0.717, 1.165) is 12.0 Å². The summed E-state index contributed by atoms with van der Waals surface area (Å²) in [4.78, 5) is 23.5. The van der Waals surface area contributed by atoms with Crippen molar-refractivity contribution in [2.24, 2.45) is 11.8 Å². The van der Waals surface area contributed by atoms with Crippen molar-refractivity contribution in [3.8, 4) is 0 Å². The summed E-state index contributed by atoms with van der Waals surface area (Å²) in [5, 5.41) is 2.73. The molecule has 0 radical (unpaired) electrons. The second-order valence-electron chi connectivity index (χ2n) is 5.25. The summed E-state index contributed by atoms with van der Waals surface area (Å²) in [6, 6.07) is 7.48. The molecular weight excluding hydrogens is 242 g/mol. The fourth-order valence-corrected chi connectivity index (χ4v) is 1.85. The van der Waals surface area contributed by atoms with Crippen LogP contribution in [0.3, 0.4) is 0 Å². The van der Waals surface area contributed by atoms with E-state index in [2.05, 4.69) is 5.32 Å². The molecule has 2 rings (SSSR count). The van der Waals surface area contributed by atoms with Crippen LogP contribution in [0.15, 0.2) is 24.3 Å². The number of esters is 1. The number of aryl methyl sites for hydroxylation is 1. The van der Waals surface area contributed by atoms with Crippen LogP contribution >= 0.6 is 0 Å². The van der Waals surface area contributed by atoms with Crippen molar-refractivity contribution in [2.45, 2.75) is 33.3 Å². The number of anilines is 1. The lowest BCUT2D eigenvalue weighted by molar-refractivity contribution is -0.154. The topological polar surface area (TPSA) is 55.4 Å². The van der Waals surface area contributed by atoms with E-state index in [9.17, 15) is 9.59 Å². The standard InChI is InChI=1S/C15H19NO3/c1-9-4-6-12(7-5-9)16-14(17)11(3)19-15(18)13-8-10(13)2/h4-7,10-11,13H,8H2,1-3H3,(H,16,17)/t10-,11+,13+/m1/s1. The van der Waals surface area contributed by atoms with Gasteiger partial charge in [0.1, 0.15) is 0 Å². The van der Waals surface area contributed by atoms with E-state index in [4.69, 9.17) is 4.74 Å². The molecule has 0 saturated heterocycles. The molecule has 1 aromatic carbocycles. The van der Waals surface area contributed by atoms with Crippen LogP contribution in [-0.2, 0) is 14.3 Å². The van der Waals surface area contributed by atoms with Crippen LogP contribution in [-0.4, -0.2) is 18.0 Å². The van der Waals surface area contributed by atoms with Gasteiger partial charge in [0.25, 0.3) is 5.91 Å². The Kier molecular flexibility index (Phi) is 3.88. The quantitative estimate of drug-likeness (QED) is 0.847. The first-order valence-corrected chi connectivity index (χ1v) is 6.55. The maximum Gasteiger partial charge on any atom is 0.309 e. The zero-order chi connectivity index (χ0) is 14.0. The van der Waals surface area contributed by atoms with Gasteiger partial charge in [-0.3, -0.25) is 9.59 Å². The van der Waals surface area contributed by atoms with Crippen LogP contribution in [0.2, 0.25) is 0 Å². The first kappa shape index (κ1) is 13.6. The molecule has 1 fully saturated rings. The number of rotatable bonds is 4. The number of ether oxygens (including phenoxy) is 1. The summed E-state index contributed by atoms with van der Waals surface area (Å²) in [5.74, 6) is -0.195. The molecule has 0 unspecified atom stereocenters. The predicted octanol–water partition coefficient (Wildman–Crippen LogP) is 2.52. The molecule has 0 bridgehead atoms. The Hall–Kier alpha value is -1.84. The van der Waals surface area contributed by atoms with Crippen LogP contribution in [0.25, 0.3) is 0 Å². The van der Waals surface area contributed by atoms with E-state index in [1.807, 2.05) is 38.1 Å². The lowest BCUT2D eigenvalue weighted by Gasteiger charge is -2.13. The van der Waals surface area contributed by atoms with Crippen molar-refractivity contribution in [2.75, 3.05) is 5.32 Å². The molecule has 0 aliphatic heterocycles. The number of hydrogen-bond acceptors (Lipinski definition) is 3. The molecule has 0 spiro atoms. The highest BCUT2D eigenvalue weighted by molar-refractivity contribution is 5.95. The maximum absolute atomic E-state index is 11.9. The molecule has 1 aliphatic rings. The highest BCUT2D eigenvalue weighted by atomic mass is 16.5. The molecule has 102 valence electrons. The Morgan fingerprint density at radius 2 is 1.89 bits per heavy atom. The number of carbonyl (C=O) groups excluding carboxylic acids is 2. The van der Waals surface area contributed by atoms with Crippen molar-refractivity contribution in [1.29, 1.82) is 0 Å². The van der Waals surface area contributed by atoms with Gasteiger partial charge in [-0.15, -0.1) is 0 Å². The van der Waals surface area contributed by atoms with Gasteiger partial charge in [0, 0.05) is 5.69 Å². The summed E-state index contributed by atoms with van der Waals surface area (Å²) in [6.07, 6.45) is 0.104. The van der Waals surface area contributed by atoms with Gasteiger partial charge in [-0.2, -0.15) is 0 Å². The smallest absolute Gasteiger partial charge is 0.309 e. The Balaban J connectivity index is 1.85. The molecule has 0 heterocycles. The number of hydrogen-bond donors (Lipinski definition) is 1. The van der Waals surface area contributed by atoms with Gasteiger partial charge in [-0.25, -0.2) is 0 Å². The second kappa shape index (κ2) is 5.43. The molecule has 1 saturated carbocycles. The summed E-state index contributed by atoms with van der Waals surface area (Å²) in [7, 11) is 0. The molecule has 4 heteroatoms. The maximum atomic E-state index is 11.9. The number of benzene rings is 1. The van der Waals surface area contributed by atoms with Crippen molar-refractivity contribution >= 4 is 17.6 Å². The molecule has 1 aromatic rings. The Labute approximate surface area is 113 Å². The van der Waals surface area contributed by atoms with E-state index < -0.39 is 6.10 Å². The predicted molar refractivity (Wildman–Crippen MR) is 72.6 cm³/mol. The minimum absolute atomic E-state index is 0.0189. The summed E-state index contributed by atoms with van der Waals surface area (Å²) in [5.41, 5.74) is 1.83. The van der Waals surface area contributed by atoms with E-state index in [0.29, 0.717) is 11.6 Å². The number of carbonyl (C=O) groups is 2. The summed E-state index contributed by atoms with van der Waals surface area (Å²) in [6.45, 7) is 5.57. The normalized spacial score (nSPS) is 22.5. The van der Waals surface area contributed by atoms with Gasteiger partial charge in [-0.05, 0) is 38.3 Å². The van der Waals surface area contributed by atoms with E-state index in [-0.39, 0.29) is 17.8 Å². The van der Waals surface area contributed by atoms with Crippen LogP contribution in [0, 0.1) is 18.8 Å². The lowest BCUT2D eigenvalue weighted by atomic mass is 10.2. The molecule has 19 heavy (non-hydrogen) atoms. The van der Waals surface area contributed by atoms with Gasteiger partial charge in [0.15, 0.2) is 6.10 Å². The van der Waals surface area contributed by atoms with Crippen molar-refractivity contribution < 1.29 is 14.3 Å². The van der Waals surface area contributed by atoms with Crippen LogP contribution in [0.4, 0.5) is 5.69 Å². The van der Waals surface area contributed by atoms with Gasteiger partial charge in [-0.1, -0.05) is 24.6 Å². The largest absolute Gasteiger partial charge is 0.452 e. The van der Waals surface area contributed by atoms with Crippen LogP contribution < -0.4 is 5.32 Å². The Bertz CT molecular complexity index is 481. The highest BCUT2D eigenvalue weighted by Gasteiger charge is 2.41. The van der Waals surface area contributed by atoms with Gasteiger partial charge >= 0.3 is 5.97 Å². The second-order valence-corrected chi connectivity index (χ2v) is 5.25. The zero-order valence-electron chi connectivity index (χ0n) is 11.5. The SMILES string of the molecule is Cc1ccc(NC(=O)[C@H](C)OC(=O)[C@H]2C[C@H]2C)cc1. The monoisotopic (exact) mass is 261 g/mol. The van der Waals surface area contributed by atoms with Crippen molar-refractivity contribution in [3.05, 3.63) is 29.8 Å². The number of amides is 1. The molecular formula is C15H19NO3. The highest BCUT2D eigenvalue weighted by Crippen LogP contribution is 2.38. The third-order valence-electron chi connectivity index (χ3n) is 3.39. The number of nitrogens with one attached hydrogen (secondary N) is 1. The minimum Gasteiger partial charge on any atom is -0.452 e. The third-order valence-corrected chi connectivity index (χ3v) is 3.39. The van der Waals surface area contributed by atoms with Crippen LogP contribution in [0.1, 0.15) is 25.8 Å². The average molecular weight is 261 g/mol. The van der Waals surface area contributed by atoms with E-state index in [1.165, 1.54) is 0 Å². The summed E-state index contributed by atoms with van der Waals surface area (Å²) < 4.78 is 5.15. The van der Waals surface area contributed by atoms with Gasteiger partial charge in [0.2, 0.25) is 0 Å². The average Bonchev–Trinajstić information content (AvgIpc) is 3.09. The zero-order valence-corrected chi connectivity index (χ0v) is 11.5. The first-order valence-electron chi connectivity index (χ1n) is 6.55. The first-order chi connectivity index (χ1) is 8.97. The van der Waals surface area contributed by atoms with E-state index >= 15 is 0 Å². The van der Waals surface area contributed by atoms with Crippen molar-refractivity contribution in [1.82, 2.24) is 0 Å².